The van der Waals surface area contributed by atoms with Gasteiger partial charge >= 0.3 is 6.09 Å². The average molecular weight is 326 g/mol. The molecule has 0 saturated heterocycles. The summed E-state index contributed by atoms with van der Waals surface area (Å²) in [5.74, 6) is 0. The first kappa shape index (κ1) is 19.0. The van der Waals surface area contributed by atoms with Crippen molar-refractivity contribution < 1.29 is 9.53 Å². The summed E-state index contributed by atoms with van der Waals surface area (Å²) >= 11 is 0. The van der Waals surface area contributed by atoms with Gasteiger partial charge in [0, 0.05) is 32.7 Å². The van der Waals surface area contributed by atoms with Gasteiger partial charge in [0.05, 0.1) is 0 Å². The molecule has 0 aliphatic rings. The van der Waals surface area contributed by atoms with Crippen LogP contribution in [0.4, 0.5) is 16.2 Å². The maximum atomic E-state index is 11.7. The predicted molar refractivity (Wildman–Crippen MR) is 91.0 cm³/mol. The van der Waals surface area contributed by atoms with Crippen molar-refractivity contribution in [3.05, 3.63) is 20.4 Å². The fraction of sp³-hybridized carbons (Fsp3) is 0.667. The summed E-state index contributed by atoms with van der Waals surface area (Å²) in [5, 5.41) is 5.47. The monoisotopic (exact) mass is 326 g/mol. The Balaban J connectivity index is 2.53. The maximum absolute atomic E-state index is 11.7. The van der Waals surface area contributed by atoms with Crippen LogP contribution in [0.5, 0.6) is 0 Å². The van der Waals surface area contributed by atoms with Crippen LogP contribution in [0.1, 0.15) is 27.7 Å². The summed E-state index contributed by atoms with van der Waals surface area (Å²) in [5.41, 5.74) is 4.58. The van der Waals surface area contributed by atoms with Crippen LogP contribution in [0.25, 0.3) is 0 Å². The van der Waals surface area contributed by atoms with Gasteiger partial charge in [-0.2, -0.15) is 0 Å². The van der Waals surface area contributed by atoms with E-state index in [0.717, 1.165) is 0 Å². The highest BCUT2D eigenvalue weighted by Gasteiger charge is 2.24. The fourth-order valence-electron chi connectivity index (χ4n) is 2.10. The lowest BCUT2D eigenvalue weighted by Crippen LogP contribution is -2.45. The van der Waals surface area contributed by atoms with E-state index in [9.17, 15) is 14.4 Å². The molecule has 8 nitrogen and oxygen atoms in total. The average Bonchev–Trinajstić information content (AvgIpc) is 2.46. The molecule has 8 heteroatoms. The van der Waals surface area contributed by atoms with Crippen molar-refractivity contribution in [2.45, 2.75) is 33.3 Å². The Morgan fingerprint density at radius 1 is 1.22 bits per heavy atom. The summed E-state index contributed by atoms with van der Waals surface area (Å²) in [6, 6.07) is 0. The van der Waals surface area contributed by atoms with Crippen LogP contribution < -0.4 is 32.1 Å². The van der Waals surface area contributed by atoms with E-state index in [4.69, 9.17) is 10.5 Å². The third kappa shape index (κ3) is 5.24. The van der Waals surface area contributed by atoms with Crippen molar-refractivity contribution in [2.75, 3.05) is 42.9 Å². The molecule has 0 aliphatic carbocycles. The molecule has 0 saturated carbocycles. The standard InChI is InChI=1S/C15H26N4O4/c1-5-19(9-6-16)11-10(12(20)13(11)21)17-7-8-18-14(22)23-15(2,3)4/h17H,5-9,16H2,1-4H3,(H,18,22). The second kappa shape index (κ2) is 7.96. The third-order valence-corrected chi connectivity index (χ3v) is 3.08. The van der Waals surface area contributed by atoms with Crippen LogP contribution in [0.2, 0.25) is 0 Å². The largest absolute Gasteiger partial charge is 0.444 e. The summed E-state index contributed by atoms with van der Waals surface area (Å²) < 4.78 is 5.10. The number of alkyl carbamates (subject to hydrolysis) is 1. The molecule has 0 spiro atoms. The second-order valence-electron chi connectivity index (χ2n) is 6.11. The van der Waals surface area contributed by atoms with Gasteiger partial charge in [-0.3, -0.25) is 9.59 Å². The number of rotatable bonds is 8. The normalized spacial score (nSPS) is 11.3. The molecule has 1 amide bonds. The highest BCUT2D eigenvalue weighted by Crippen LogP contribution is 2.19. The van der Waals surface area contributed by atoms with E-state index in [2.05, 4.69) is 10.6 Å². The van der Waals surface area contributed by atoms with Crippen molar-refractivity contribution in [1.82, 2.24) is 5.32 Å². The molecule has 0 bridgehead atoms. The zero-order valence-corrected chi connectivity index (χ0v) is 14.2. The number of nitrogens with one attached hydrogen (secondary N) is 2. The van der Waals surface area contributed by atoms with Gasteiger partial charge in [-0.25, -0.2) is 4.79 Å². The van der Waals surface area contributed by atoms with Crippen LogP contribution in [-0.2, 0) is 4.74 Å². The molecular formula is C15H26N4O4. The number of carbonyl (C=O) groups is 1. The van der Waals surface area contributed by atoms with Gasteiger partial charge in [-0.15, -0.1) is 0 Å². The number of carbonyl (C=O) groups excluding carboxylic acids is 1. The molecule has 130 valence electrons. The molecule has 1 aromatic rings. The van der Waals surface area contributed by atoms with Crippen molar-refractivity contribution in [2.24, 2.45) is 5.73 Å². The fourth-order valence-corrected chi connectivity index (χ4v) is 2.10. The minimum Gasteiger partial charge on any atom is -0.444 e. The molecule has 23 heavy (non-hydrogen) atoms. The summed E-state index contributed by atoms with van der Waals surface area (Å²) in [4.78, 5) is 36.7. The first-order chi connectivity index (χ1) is 10.7. The summed E-state index contributed by atoms with van der Waals surface area (Å²) in [7, 11) is 0. The zero-order chi connectivity index (χ0) is 17.6. The van der Waals surface area contributed by atoms with Crippen molar-refractivity contribution in [1.29, 1.82) is 0 Å². The highest BCUT2D eigenvalue weighted by molar-refractivity contribution is 5.75. The van der Waals surface area contributed by atoms with Crippen molar-refractivity contribution in [3.8, 4) is 0 Å². The number of nitrogens with zero attached hydrogens (tertiary/aromatic N) is 1. The molecule has 0 unspecified atom stereocenters. The lowest BCUT2D eigenvalue weighted by Gasteiger charge is -2.26. The molecule has 1 rings (SSSR count). The minimum atomic E-state index is -0.562. The Morgan fingerprint density at radius 3 is 2.39 bits per heavy atom. The Bertz CT molecular complexity index is 599. The molecule has 0 radical (unpaired) electrons. The molecule has 0 aromatic heterocycles. The van der Waals surface area contributed by atoms with Gasteiger partial charge in [0.15, 0.2) is 0 Å². The van der Waals surface area contributed by atoms with Crippen LogP contribution in [0.15, 0.2) is 9.59 Å². The first-order valence-corrected chi connectivity index (χ1v) is 7.70. The van der Waals surface area contributed by atoms with Crippen LogP contribution in [0.3, 0.4) is 0 Å². The van der Waals surface area contributed by atoms with Crippen molar-refractivity contribution >= 4 is 17.5 Å². The van der Waals surface area contributed by atoms with Gasteiger partial charge in [0.25, 0.3) is 10.9 Å². The zero-order valence-electron chi connectivity index (χ0n) is 14.2. The number of amides is 1. The first-order valence-electron chi connectivity index (χ1n) is 7.70. The number of hydrogen-bond acceptors (Lipinski definition) is 7. The van der Waals surface area contributed by atoms with E-state index in [1.54, 1.807) is 25.7 Å². The van der Waals surface area contributed by atoms with Gasteiger partial charge in [-0.05, 0) is 27.7 Å². The molecule has 4 N–H and O–H groups in total. The number of hydrogen-bond donors (Lipinski definition) is 3. The Hall–Kier alpha value is -2.09. The van der Waals surface area contributed by atoms with Gasteiger partial charge in [0.1, 0.15) is 17.0 Å². The molecule has 0 heterocycles. The smallest absolute Gasteiger partial charge is 0.407 e. The summed E-state index contributed by atoms with van der Waals surface area (Å²) in [6.07, 6.45) is -0.525. The topological polar surface area (TPSA) is 114 Å². The van der Waals surface area contributed by atoms with E-state index in [0.29, 0.717) is 31.9 Å². The predicted octanol–water partition coefficient (Wildman–Crippen LogP) is 0.00420. The van der Waals surface area contributed by atoms with Crippen molar-refractivity contribution in [3.63, 3.8) is 0 Å². The second-order valence-corrected chi connectivity index (χ2v) is 6.11. The Labute approximate surface area is 135 Å². The molecule has 0 aliphatic heterocycles. The lowest BCUT2D eigenvalue weighted by molar-refractivity contribution is 0.0530. The van der Waals surface area contributed by atoms with Crippen LogP contribution in [-0.4, -0.2) is 44.4 Å². The SMILES string of the molecule is CCN(CCN)c1c(NCCNC(=O)OC(C)(C)C)c(=O)c1=O. The van der Waals surface area contributed by atoms with E-state index < -0.39 is 22.6 Å². The maximum Gasteiger partial charge on any atom is 0.407 e. The van der Waals surface area contributed by atoms with Crippen LogP contribution >= 0.6 is 0 Å². The van der Waals surface area contributed by atoms with Crippen LogP contribution in [0, 0.1) is 0 Å². The number of likely N-dealkylation sites (N-methyl/N-ethyl adjacent to an activating group) is 1. The third-order valence-electron chi connectivity index (χ3n) is 3.08. The van der Waals surface area contributed by atoms with E-state index in [-0.39, 0.29) is 12.2 Å². The molecule has 0 fully saturated rings. The van der Waals surface area contributed by atoms with Gasteiger partial charge < -0.3 is 26.0 Å². The number of nitrogens with two attached hydrogens (primary N) is 1. The highest BCUT2D eigenvalue weighted by atomic mass is 16.6. The van der Waals surface area contributed by atoms with E-state index >= 15 is 0 Å². The lowest BCUT2D eigenvalue weighted by atomic mass is 10.1. The quantitative estimate of drug-likeness (QED) is 0.455. The molecule has 0 atom stereocenters. The minimum absolute atomic E-state index is 0.274. The molecular weight excluding hydrogens is 300 g/mol. The summed E-state index contributed by atoms with van der Waals surface area (Å²) in [6.45, 7) is 9.30. The van der Waals surface area contributed by atoms with E-state index in [1.807, 2.05) is 6.92 Å². The van der Waals surface area contributed by atoms with E-state index in [1.165, 1.54) is 0 Å². The van der Waals surface area contributed by atoms with Gasteiger partial charge in [-0.1, -0.05) is 0 Å². The van der Waals surface area contributed by atoms with Gasteiger partial charge in [0.2, 0.25) is 0 Å². The Kier molecular flexibility index (Phi) is 6.56. The number of anilines is 2. The number of ether oxygens (including phenoxy) is 1. The molecule has 1 aromatic carbocycles. The Morgan fingerprint density at radius 2 is 1.87 bits per heavy atom.